The number of rotatable bonds is 2. The number of hydrogen-bond acceptors (Lipinski definition) is 4. The third kappa shape index (κ3) is 2.34. The fourth-order valence-electron chi connectivity index (χ4n) is 2.77. The van der Waals surface area contributed by atoms with Crippen molar-refractivity contribution >= 4 is 5.71 Å². The van der Waals surface area contributed by atoms with Crippen LogP contribution < -0.4 is 0 Å². The van der Waals surface area contributed by atoms with Crippen molar-refractivity contribution < 1.29 is 0 Å². The number of fused-ring (bicyclic) bond motifs is 3. The summed E-state index contributed by atoms with van der Waals surface area (Å²) in [6.45, 7) is 4.79. The van der Waals surface area contributed by atoms with Crippen molar-refractivity contribution in [1.29, 1.82) is 0 Å². The Bertz CT molecular complexity index is 877. The molecule has 0 N–H and O–H groups in total. The summed E-state index contributed by atoms with van der Waals surface area (Å²) >= 11 is 0. The molecular weight excluding hydrogens is 286 g/mol. The predicted molar refractivity (Wildman–Crippen MR) is 89.0 cm³/mol. The van der Waals surface area contributed by atoms with Crippen LogP contribution in [0.2, 0.25) is 0 Å². The third-order valence-electron chi connectivity index (χ3n) is 4.02. The van der Waals surface area contributed by atoms with Gasteiger partial charge in [-0.2, -0.15) is 0 Å². The van der Waals surface area contributed by atoms with Gasteiger partial charge in [0.2, 0.25) is 0 Å². The molecule has 0 saturated carbocycles. The Morgan fingerprint density at radius 3 is 2.65 bits per heavy atom. The van der Waals surface area contributed by atoms with Gasteiger partial charge in [0.15, 0.2) is 5.82 Å². The van der Waals surface area contributed by atoms with Gasteiger partial charge in [0.1, 0.15) is 18.6 Å². The van der Waals surface area contributed by atoms with Crippen LogP contribution in [-0.4, -0.2) is 25.5 Å². The summed E-state index contributed by atoms with van der Waals surface area (Å²) in [5, 5.41) is 8.19. The largest absolute Gasteiger partial charge is 0.282 e. The van der Waals surface area contributed by atoms with Crippen LogP contribution in [0.25, 0.3) is 5.69 Å². The van der Waals surface area contributed by atoms with Gasteiger partial charge >= 0.3 is 0 Å². The molecule has 0 aliphatic carbocycles. The van der Waals surface area contributed by atoms with E-state index >= 15 is 0 Å². The molecule has 2 aromatic heterocycles. The molecule has 0 bridgehead atoms. The summed E-state index contributed by atoms with van der Waals surface area (Å²) in [6.07, 6.45) is 1.73. The maximum Gasteiger partial charge on any atom is 0.159 e. The summed E-state index contributed by atoms with van der Waals surface area (Å²) in [6, 6.07) is 14.4. The molecule has 1 aliphatic rings. The lowest BCUT2D eigenvalue weighted by molar-refractivity contribution is 0.815. The molecule has 0 radical (unpaired) electrons. The van der Waals surface area contributed by atoms with E-state index in [0.717, 1.165) is 34.2 Å². The minimum absolute atomic E-state index is 0.362. The van der Waals surface area contributed by atoms with E-state index in [4.69, 9.17) is 9.98 Å². The number of hydrogen-bond donors (Lipinski definition) is 0. The molecule has 0 saturated heterocycles. The summed E-state index contributed by atoms with van der Waals surface area (Å²) in [5.74, 6) is 1.19. The van der Waals surface area contributed by atoms with Crippen LogP contribution >= 0.6 is 0 Å². The normalized spacial score (nSPS) is 13.3. The molecule has 0 amide bonds. The molecule has 0 spiro atoms. The molecule has 0 unspecified atom stereocenters. The molecule has 1 aliphatic heterocycles. The van der Waals surface area contributed by atoms with E-state index < -0.39 is 0 Å². The summed E-state index contributed by atoms with van der Waals surface area (Å²) < 4.78 is 1.98. The zero-order valence-corrected chi connectivity index (χ0v) is 13.1. The number of benzene rings is 1. The fourth-order valence-corrected chi connectivity index (χ4v) is 2.77. The fraction of sp³-hybridized carbons (Fsp3) is 0.222. The summed E-state index contributed by atoms with van der Waals surface area (Å²) in [5.41, 5.74) is 4.91. The van der Waals surface area contributed by atoms with E-state index in [1.54, 1.807) is 6.33 Å². The third-order valence-corrected chi connectivity index (χ3v) is 4.02. The molecule has 5 nitrogen and oxygen atoms in total. The lowest BCUT2D eigenvalue weighted by atomic mass is 10.0. The van der Waals surface area contributed by atoms with E-state index in [1.807, 2.05) is 22.8 Å². The Hall–Kier alpha value is -2.82. The number of aliphatic imine (C=N–C) groups is 1. The van der Waals surface area contributed by atoms with Crippen LogP contribution in [0.4, 0.5) is 0 Å². The maximum absolute atomic E-state index is 4.90. The van der Waals surface area contributed by atoms with Crippen molar-refractivity contribution in [2.45, 2.75) is 26.3 Å². The Morgan fingerprint density at radius 2 is 1.87 bits per heavy atom. The molecule has 4 rings (SSSR count). The minimum Gasteiger partial charge on any atom is -0.282 e. The standard InChI is InChI=1S/C18H17N5/c1-12(2)14-8-9-15-18(21-14)17(13-6-4-3-5-7-13)19-10-16-22-20-11-23(15)16/h3-9,11-12H,10H2,1-2H3. The predicted octanol–water partition coefficient (Wildman–Crippen LogP) is 3.14. The van der Waals surface area contributed by atoms with Gasteiger partial charge in [0.05, 0.1) is 11.4 Å². The molecular formula is C18H17N5. The molecule has 3 heterocycles. The first-order chi connectivity index (χ1) is 11.2. The quantitative estimate of drug-likeness (QED) is 0.731. The van der Waals surface area contributed by atoms with E-state index in [2.05, 4.69) is 48.3 Å². The van der Waals surface area contributed by atoms with Gasteiger partial charge in [0, 0.05) is 11.3 Å². The SMILES string of the molecule is CC(C)c1ccc2c(n1)C(c1ccccc1)=NCc1nncn1-2. The van der Waals surface area contributed by atoms with Gasteiger partial charge in [-0.3, -0.25) is 9.56 Å². The van der Waals surface area contributed by atoms with Crippen molar-refractivity contribution in [3.8, 4) is 5.69 Å². The zero-order valence-electron chi connectivity index (χ0n) is 13.1. The Morgan fingerprint density at radius 1 is 1.04 bits per heavy atom. The smallest absolute Gasteiger partial charge is 0.159 e. The van der Waals surface area contributed by atoms with Gasteiger partial charge in [-0.25, -0.2) is 4.98 Å². The molecule has 3 aromatic rings. The highest BCUT2D eigenvalue weighted by Gasteiger charge is 2.21. The monoisotopic (exact) mass is 303 g/mol. The van der Waals surface area contributed by atoms with Gasteiger partial charge in [-0.05, 0) is 18.1 Å². The van der Waals surface area contributed by atoms with Crippen molar-refractivity contribution in [3.05, 3.63) is 71.6 Å². The van der Waals surface area contributed by atoms with Crippen LogP contribution in [0.3, 0.4) is 0 Å². The lowest BCUT2D eigenvalue weighted by Gasteiger charge is -2.13. The Kier molecular flexibility index (Phi) is 3.26. The number of nitrogens with zero attached hydrogens (tertiary/aromatic N) is 5. The second-order valence-electron chi connectivity index (χ2n) is 5.91. The van der Waals surface area contributed by atoms with Crippen molar-refractivity contribution in [2.75, 3.05) is 0 Å². The average Bonchev–Trinajstić information content (AvgIpc) is 2.98. The molecule has 0 atom stereocenters. The highest BCUT2D eigenvalue weighted by molar-refractivity contribution is 6.13. The van der Waals surface area contributed by atoms with Crippen molar-refractivity contribution in [3.63, 3.8) is 0 Å². The van der Waals surface area contributed by atoms with E-state index in [0.29, 0.717) is 12.5 Å². The van der Waals surface area contributed by atoms with E-state index in [-0.39, 0.29) is 0 Å². The van der Waals surface area contributed by atoms with Gasteiger partial charge in [0.25, 0.3) is 0 Å². The molecule has 114 valence electrons. The van der Waals surface area contributed by atoms with E-state index in [9.17, 15) is 0 Å². The maximum atomic E-state index is 4.90. The topological polar surface area (TPSA) is 56.0 Å². The Labute approximate surface area is 134 Å². The van der Waals surface area contributed by atoms with Crippen molar-refractivity contribution in [2.24, 2.45) is 4.99 Å². The van der Waals surface area contributed by atoms with Crippen LogP contribution in [0, 0.1) is 0 Å². The Balaban J connectivity index is 1.97. The average molecular weight is 303 g/mol. The highest BCUT2D eigenvalue weighted by atomic mass is 15.3. The molecule has 23 heavy (non-hydrogen) atoms. The van der Waals surface area contributed by atoms with Gasteiger partial charge in [-0.1, -0.05) is 44.2 Å². The second-order valence-corrected chi connectivity index (χ2v) is 5.91. The summed E-state index contributed by atoms with van der Waals surface area (Å²) in [4.78, 5) is 9.68. The first kappa shape index (κ1) is 13.8. The molecule has 0 fully saturated rings. The number of pyridine rings is 1. The van der Waals surface area contributed by atoms with Crippen LogP contribution in [0.5, 0.6) is 0 Å². The van der Waals surface area contributed by atoms with Crippen LogP contribution in [-0.2, 0) is 6.54 Å². The van der Waals surface area contributed by atoms with Gasteiger partial charge < -0.3 is 0 Å². The minimum atomic E-state index is 0.362. The van der Waals surface area contributed by atoms with Crippen LogP contribution in [0.1, 0.15) is 42.5 Å². The van der Waals surface area contributed by atoms with E-state index in [1.165, 1.54) is 0 Å². The van der Waals surface area contributed by atoms with Crippen molar-refractivity contribution in [1.82, 2.24) is 19.7 Å². The lowest BCUT2D eigenvalue weighted by Crippen LogP contribution is -2.11. The van der Waals surface area contributed by atoms with Gasteiger partial charge in [-0.15, -0.1) is 10.2 Å². The first-order valence-corrected chi connectivity index (χ1v) is 7.74. The number of aromatic nitrogens is 4. The second kappa shape index (κ2) is 5.43. The first-order valence-electron chi connectivity index (χ1n) is 7.74. The highest BCUT2D eigenvalue weighted by Crippen LogP contribution is 2.25. The molecule has 1 aromatic carbocycles. The zero-order chi connectivity index (χ0) is 15.8. The van der Waals surface area contributed by atoms with Crippen LogP contribution in [0.15, 0.2) is 53.8 Å². The molecule has 5 heteroatoms. The summed E-state index contributed by atoms with van der Waals surface area (Å²) in [7, 11) is 0.